The van der Waals surface area contributed by atoms with Crippen LogP contribution in [0.15, 0.2) is 48.7 Å². The van der Waals surface area contributed by atoms with Gasteiger partial charge in [0.2, 0.25) is 5.91 Å². The molecule has 4 heterocycles. The zero-order valence-corrected chi connectivity index (χ0v) is 15.8. The van der Waals surface area contributed by atoms with Crippen LogP contribution in [0, 0.1) is 0 Å². The van der Waals surface area contributed by atoms with Gasteiger partial charge >= 0.3 is 0 Å². The number of benzene rings is 1. The van der Waals surface area contributed by atoms with E-state index in [-0.39, 0.29) is 11.9 Å². The second kappa shape index (κ2) is 7.11. The molecule has 0 radical (unpaired) electrons. The minimum Gasteiger partial charge on any atom is -0.368 e. The van der Waals surface area contributed by atoms with Gasteiger partial charge in [-0.15, -0.1) is 0 Å². The van der Waals surface area contributed by atoms with Gasteiger partial charge in [-0.1, -0.05) is 42.5 Å². The third-order valence-electron chi connectivity index (χ3n) is 6.01. The maximum absolute atomic E-state index is 12.7. The molecule has 1 unspecified atom stereocenters. The van der Waals surface area contributed by atoms with Crippen molar-refractivity contribution < 1.29 is 9.53 Å². The number of carbonyl (C=O) groups is 1. The van der Waals surface area contributed by atoms with E-state index in [2.05, 4.69) is 10.3 Å². The maximum Gasteiger partial charge on any atom is 0.243 e. The highest BCUT2D eigenvalue weighted by Crippen LogP contribution is 2.41. The zero-order chi connectivity index (χ0) is 19.0. The monoisotopic (exact) mass is 376 g/mol. The third kappa shape index (κ3) is 3.02. The van der Waals surface area contributed by atoms with E-state index in [4.69, 9.17) is 9.72 Å². The largest absolute Gasteiger partial charge is 0.368 e. The fourth-order valence-corrected chi connectivity index (χ4v) is 4.44. The summed E-state index contributed by atoms with van der Waals surface area (Å²) in [5.74, 6) is 0.898. The number of hydrogen-bond donors (Lipinski definition) is 1. The Morgan fingerprint density at radius 1 is 1.21 bits per heavy atom. The standard InChI is InChI=1S/C22H24N4O2/c27-21(18-7-4-11-23-18)26-12-9-22(10-13-26)19-17(8-14-28-22)15-24-20(25-19)16-5-2-1-3-6-16/h1-7,15,18,23H,8-14H2. The Morgan fingerprint density at radius 2 is 2.04 bits per heavy atom. The highest BCUT2D eigenvalue weighted by atomic mass is 16.5. The molecule has 6 heteroatoms. The molecular weight excluding hydrogens is 352 g/mol. The number of nitrogens with zero attached hydrogens (tertiary/aromatic N) is 3. The smallest absolute Gasteiger partial charge is 0.243 e. The Bertz CT molecular complexity index is 904. The number of carbonyl (C=O) groups excluding carboxylic acids is 1. The zero-order valence-electron chi connectivity index (χ0n) is 15.8. The van der Waals surface area contributed by atoms with Crippen LogP contribution in [0.3, 0.4) is 0 Å². The summed E-state index contributed by atoms with van der Waals surface area (Å²) in [6, 6.07) is 9.87. The lowest BCUT2D eigenvalue weighted by Crippen LogP contribution is -2.52. The molecule has 3 aliphatic rings. The van der Waals surface area contributed by atoms with E-state index in [1.807, 2.05) is 53.6 Å². The summed E-state index contributed by atoms with van der Waals surface area (Å²) in [7, 11) is 0. The van der Waals surface area contributed by atoms with Crippen molar-refractivity contribution in [1.29, 1.82) is 0 Å². The summed E-state index contributed by atoms with van der Waals surface area (Å²) < 4.78 is 6.32. The average molecular weight is 376 g/mol. The van der Waals surface area contributed by atoms with Crippen LogP contribution >= 0.6 is 0 Å². The maximum atomic E-state index is 12.7. The lowest BCUT2D eigenvalue weighted by Gasteiger charge is -2.44. The Kier molecular flexibility index (Phi) is 4.45. The molecule has 0 saturated carbocycles. The fraction of sp³-hybridized carbons (Fsp3) is 0.409. The van der Waals surface area contributed by atoms with Gasteiger partial charge in [0.25, 0.3) is 0 Å². The molecule has 2 aromatic rings. The van der Waals surface area contributed by atoms with Crippen LogP contribution in [-0.2, 0) is 21.6 Å². The fourth-order valence-electron chi connectivity index (χ4n) is 4.44. The average Bonchev–Trinajstić information content (AvgIpc) is 3.30. The molecule has 144 valence electrons. The number of rotatable bonds is 2. The van der Waals surface area contributed by atoms with Gasteiger partial charge < -0.3 is 9.64 Å². The summed E-state index contributed by atoms with van der Waals surface area (Å²) in [4.78, 5) is 24.2. The van der Waals surface area contributed by atoms with E-state index in [1.165, 1.54) is 5.56 Å². The predicted octanol–water partition coefficient (Wildman–Crippen LogP) is 2.06. The van der Waals surface area contributed by atoms with E-state index in [0.717, 1.165) is 42.9 Å². The van der Waals surface area contributed by atoms with Gasteiger partial charge in [0.15, 0.2) is 5.82 Å². The molecule has 6 nitrogen and oxygen atoms in total. The Labute approximate surface area is 164 Å². The predicted molar refractivity (Wildman–Crippen MR) is 106 cm³/mol. The number of likely N-dealkylation sites (tertiary alicyclic amines) is 1. The third-order valence-corrected chi connectivity index (χ3v) is 6.01. The second-order valence-corrected chi connectivity index (χ2v) is 7.67. The summed E-state index contributed by atoms with van der Waals surface area (Å²) >= 11 is 0. The normalized spacial score (nSPS) is 23.0. The SMILES string of the molecule is O=C(C1C=CCN1)N1CCC2(CC1)OCCc1cnc(-c3ccccc3)nc12. The van der Waals surface area contributed by atoms with Crippen LogP contribution in [0.4, 0.5) is 0 Å². The first-order chi connectivity index (χ1) is 13.8. The van der Waals surface area contributed by atoms with Crippen LogP contribution in [0.1, 0.15) is 24.1 Å². The highest BCUT2D eigenvalue weighted by molar-refractivity contribution is 5.84. The Balaban J connectivity index is 1.40. The second-order valence-electron chi connectivity index (χ2n) is 7.67. The van der Waals surface area contributed by atoms with Gasteiger partial charge in [-0.25, -0.2) is 9.97 Å². The van der Waals surface area contributed by atoms with Crippen molar-refractivity contribution in [2.24, 2.45) is 0 Å². The molecule has 1 atom stereocenters. The summed E-state index contributed by atoms with van der Waals surface area (Å²) in [6.45, 7) is 2.83. The first-order valence-corrected chi connectivity index (χ1v) is 10.00. The van der Waals surface area contributed by atoms with Crippen molar-refractivity contribution >= 4 is 5.91 Å². The quantitative estimate of drug-likeness (QED) is 0.813. The van der Waals surface area contributed by atoms with Gasteiger partial charge in [0.05, 0.1) is 12.3 Å². The molecule has 1 saturated heterocycles. The van der Waals surface area contributed by atoms with Crippen LogP contribution in [0.5, 0.6) is 0 Å². The molecule has 0 bridgehead atoms. The van der Waals surface area contributed by atoms with Crippen LogP contribution < -0.4 is 5.32 Å². The van der Waals surface area contributed by atoms with Crippen molar-refractivity contribution in [2.45, 2.75) is 30.9 Å². The van der Waals surface area contributed by atoms with E-state index < -0.39 is 5.60 Å². The minimum absolute atomic E-state index is 0.160. The lowest BCUT2D eigenvalue weighted by molar-refractivity contribution is -0.142. The molecule has 0 aliphatic carbocycles. The van der Waals surface area contributed by atoms with Crippen molar-refractivity contribution in [1.82, 2.24) is 20.2 Å². The Morgan fingerprint density at radius 3 is 2.79 bits per heavy atom. The molecule has 1 spiro atoms. The molecule has 1 fully saturated rings. The molecule has 1 amide bonds. The van der Waals surface area contributed by atoms with Gasteiger partial charge in [-0.3, -0.25) is 10.1 Å². The number of piperidine rings is 1. The van der Waals surface area contributed by atoms with Crippen molar-refractivity contribution in [3.05, 3.63) is 59.9 Å². The first-order valence-electron chi connectivity index (χ1n) is 10.00. The molecule has 1 aromatic heterocycles. The first kappa shape index (κ1) is 17.5. The Hall–Kier alpha value is -2.57. The molecule has 3 aliphatic heterocycles. The molecule has 1 N–H and O–H groups in total. The molecular formula is C22H24N4O2. The van der Waals surface area contributed by atoms with Gasteiger partial charge in [0.1, 0.15) is 11.6 Å². The van der Waals surface area contributed by atoms with E-state index in [1.54, 1.807) is 0 Å². The molecule has 1 aromatic carbocycles. The summed E-state index contributed by atoms with van der Waals surface area (Å²) in [6.07, 6.45) is 8.31. The lowest BCUT2D eigenvalue weighted by atomic mass is 9.83. The van der Waals surface area contributed by atoms with Crippen molar-refractivity contribution in [3.8, 4) is 11.4 Å². The number of nitrogens with one attached hydrogen (secondary N) is 1. The topological polar surface area (TPSA) is 67.4 Å². The summed E-state index contributed by atoms with van der Waals surface area (Å²) in [5, 5.41) is 3.21. The van der Waals surface area contributed by atoms with Crippen molar-refractivity contribution in [3.63, 3.8) is 0 Å². The number of amides is 1. The number of fused-ring (bicyclic) bond motifs is 2. The highest BCUT2D eigenvalue weighted by Gasteiger charge is 2.44. The van der Waals surface area contributed by atoms with Gasteiger partial charge in [0, 0.05) is 31.4 Å². The van der Waals surface area contributed by atoms with Gasteiger partial charge in [-0.05, 0) is 24.8 Å². The molecule has 5 rings (SSSR count). The van der Waals surface area contributed by atoms with Crippen LogP contribution in [-0.4, -0.2) is 53.1 Å². The number of ether oxygens (including phenoxy) is 1. The van der Waals surface area contributed by atoms with Crippen LogP contribution in [0.25, 0.3) is 11.4 Å². The molecule has 28 heavy (non-hydrogen) atoms. The van der Waals surface area contributed by atoms with E-state index >= 15 is 0 Å². The van der Waals surface area contributed by atoms with Gasteiger partial charge in [-0.2, -0.15) is 0 Å². The number of hydrogen-bond acceptors (Lipinski definition) is 5. The minimum atomic E-state index is -0.407. The van der Waals surface area contributed by atoms with E-state index in [9.17, 15) is 4.79 Å². The van der Waals surface area contributed by atoms with E-state index in [0.29, 0.717) is 19.7 Å². The summed E-state index contributed by atoms with van der Waals surface area (Å²) in [5.41, 5.74) is 2.79. The van der Waals surface area contributed by atoms with Crippen molar-refractivity contribution in [2.75, 3.05) is 26.2 Å². The van der Waals surface area contributed by atoms with Crippen LogP contribution in [0.2, 0.25) is 0 Å². The number of aromatic nitrogens is 2.